The summed E-state index contributed by atoms with van der Waals surface area (Å²) >= 11 is 1.93. The maximum atomic E-state index is 3.47. The summed E-state index contributed by atoms with van der Waals surface area (Å²) in [7, 11) is 0. The van der Waals surface area contributed by atoms with Crippen molar-refractivity contribution < 1.29 is 28.5 Å². The zero-order chi connectivity index (χ0) is 12.5. The molecule has 19 heavy (non-hydrogen) atoms. The van der Waals surface area contributed by atoms with Crippen LogP contribution in [0.1, 0.15) is 20.3 Å². The predicted molar refractivity (Wildman–Crippen MR) is 78.7 cm³/mol. The molecule has 2 aromatic rings. The summed E-state index contributed by atoms with van der Waals surface area (Å²) in [6.07, 6.45) is 1.25. The molecule has 0 radical (unpaired) electrons. The van der Waals surface area contributed by atoms with Crippen molar-refractivity contribution in [1.82, 2.24) is 0 Å². The standard InChI is InChI=1S/C14H20N3S.HI/c1-3-15-11-7-5-8-12-13(11)18-14-16(4-2)9-6-10-17(12)14;/h5,7-8,15H,3-4,6,9-10H2,1-2H3;1H/q+1;/p-1. The zero-order valence-electron chi connectivity index (χ0n) is 11.4. The number of anilines is 2. The molecule has 0 amide bonds. The lowest BCUT2D eigenvalue weighted by Crippen LogP contribution is -3.00. The van der Waals surface area contributed by atoms with Crippen LogP contribution in [0.2, 0.25) is 0 Å². The molecule has 1 aromatic heterocycles. The average Bonchev–Trinajstić information content (AvgIpc) is 2.79. The minimum atomic E-state index is 0. The van der Waals surface area contributed by atoms with Crippen molar-refractivity contribution in [2.75, 3.05) is 29.9 Å². The summed E-state index contributed by atoms with van der Waals surface area (Å²) in [4.78, 5) is 2.49. The monoisotopic (exact) mass is 389 g/mol. The van der Waals surface area contributed by atoms with Gasteiger partial charge in [0.15, 0.2) is 0 Å². The number of aryl methyl sites for hydroxylation is 1. The number of hydrogen-bond donors (Lipinski definition) is 1. The Morgan fingerprint density at radius 1 is 1.37 bits per heavy atom. The van der Waals surface area contributed by atoms with Crippen LogP contribution in [0.4, 0.5) is 10.8 Å². The third-order valence-corrected chi connectivity index (χ3v) is 4.83. The smallest absolute Gasteiger partial charge is 0.337 e. The first-order valence-corrected chi connectivity index (χ1v) is 7.61. The maximum absolute atomic E-state index is 3.47. The van der Waals surface area contributed by atoms with E-state index in [0.29, 0.717) is 0 Å². The molecular formula is C14H20IN3S. The molecular weight excluding hydrogens is 369 g/mol. The van der Waals surface area contributed by atoms with E-state index in [2.05, 4.69) is 46.8 Å². The number of benzene rings is 1. The second-order valence-corrected chi connectivity index (χ2v) is 5.63. The van der Waals surface area contributed by atoms with E-state index in [1.54, 1.807) is 0 Å². The van der Waals surface area contributed by atoms with Gasteiger partial charge < -0.3 is 29.3 Å². The van der Waals surface area contributed by atoms with E-state index in [9.17, 15) is 0 Å². The Morgan fingerprint density at radius 2 is 2.21 bits per heavy atom. The van der Waals surface area contributed by atoms with Gasteiger partial charge in [-0.25, -0.2) is 4.57 Å². The number of rotatable bonds is 3. The van der Waals surface area contributed by atoms with Crippen LogP contribution in [0, 0.1) is 0 Å². The number of nitrogens with one attached hydrogen (secondary N) is 1. The van der Waals surface area contributed by atoms with Gasteiger partial charge in [-0.05, 0) is 37.3 Å². The van der Waals surface area contributed by atoms with Crippen molar-refractivity contribution >= 4 is 32.4 Å². The van der Waals surface area contributed by atoms with E-state index in [4.69, 9.17) is 0 Å². The Kier molecular flexibility index (Phi) is 4.89. The number of nitrogens with zero attached hydrogens (tertiary/aromatic N) is 2. The van der Waals surface area contributed by atoms with Gasteiger partial charge in [0.25, 0.3) is 0 Å². The summed E-state index contributed by atoms with van der Waals surface area (Å²) in [5.74, 6) is 0. The molecule has 0 bridgehead atoms. The van der Waals surface area contributed by atoms with Crippen molar-refractivity contribution in [2.45, 2.75) is 26.8 Å². The Bertz CT molecular complexity index is 567. The fraction of sp³-hybridized carbons (Fsp3) is 0.500. The fourth-order valence-electron chi connectivity index (χ4n) is 2.68. The van der Waals surface area contributed by atoms with E-state index in [1.165, 1.54) is 34.0 Å². The number of aromatic nitrogens is 1. The van der Waals surface area contributed by atoms with Crippen LogP contribution in [0.15, 0.2) is 18.2 Å². The van der Waals surface area contributed by atoms with Crippen molar-refractivity contribution in [1.29, 1.82) is 0 Å². The SMILES string of the molecule is CCNc1cccc2c1sc1[n+]2CCCN1CC.[I-]. The lowest BCUT2D eigenvalue weighted by Gasteiger charge is -2.19. The largest absolute Gasteiger partial charge is 1.00 e. The van der Waals surface area contributed by atoms with Gasteiger partial charge in [-0.2, -0.15) is 0 Å². The fourth-order valence-corrected chi connectivity index (χ4v) is 4.05. The second-order valence-electron chi connectivity index (χ2n) is 4.65. The Hall–Kier alpha value is -0.560. The molecule has 1 N–H and O–H groups in total. The van der Waals surface area contributed by atoms with Crippen molar-refractivity contribution in [3.63, 3.8) is 0 Å². The summed E-state index contributed by atoms with van der Waals surface area (Å²) in [6, 6.07) is 6.59. The summed E-state index contributed by atoms with van der Waals surface area (Å²) in [5.41, 5.74) is 2.66. The number of hydrogen-bond acceptors (Lipinski definition) is 3. The van der Waals surface area contributed by atoms with E-state index in [1.807, 2.05) is 11.3 Å². The summed E-state index contributed by atoms with van der Waals surface area (Å²) in [5, 5.41) is 4.89. The first kappa shape index (κ1) is 14.8. The topological polar surface area (TPSA) is 19.1 Å². The van der Waals surface area contributed by atoms with Gasteiger partial charge in [0, 0.05) is 13.0 Å². The first-order valence-electron chi connectivity index (χ1n) is 6.79. The van der Waals surface area contributed by atoms with Gasteiger partial charge in [0.2, 0.25) is 0 Å². The van der Waals surface area contributed by atoms with E-state index < -0.39 is 0 Å². The molecule has 1 aliphatic rings. The average molecular weight is 389 g/mol. The van der Waals surface area contributed by atoms with Gasteiger partial charge in [-0.3, -0.25) is 4.90 Å². The number of thiazole rings is 1. The number of halogens is 1. The molecule has 1 aromatic carbocycles. The van der Waals surface area contributed by atoms with Gasteiger partial charge in [0.1, 0.15) is 10.2 Å². The van der Waals surface area contributed by atoms with Crippen LogP contribution in [0.3, 0.4) is 0 Å². The number of fused-ring (bicyclic) bond motifs is 3. The highest BCUT2D eigenvalue weighted by molar-refractivity contribution is 7.22. The van der Waals surface area contributed by atoms with E-state index >= 15 is 0 Å². The van der Waals surface area contributed by atoms with Crippen LogP contribution < -0.4 is 38.8 Å². The summed E-state index contributed by atoms with van der Waals surface area (Å²) in [6.45, 7) is 8.82. The zero-order valence-corrected chi connectivity index (χ0v) is 14.4. The molecule has 2 heterocycles. The molecule has 1 aliphatic heterocycles. The molecule has 3 rings (SSSR count). The second kappa shape index (κ2) is 6.26. The highest BCUT2D eigenvalue weighted by atomic mass is 127. The third-order valence-electron chi connectivity index (χ3n) is 3.54. The first-order chi connectivity index (χ1) is 8.85. The molecule has 0 fully saturated rings. The minimum Gasteiger partial charge on any atom is -1.00 e. The van der Waals surface area contributed by atoms with E-state index in [0.717, 1.165) is 19.6 Å². The molecule has 5 heteroatoms. The van der Waals surface area contributed by atoms with Gasteiger partial charge >= 0.3 is 5.13 Å². The van der Waals surface area contributed by atoms with Gasteiger partial charge in [-0.1, -0.05) is 6.07 Å². The third kappa shape index (κ3) is 2.54. The van der Waals surface area contributed by atoms with Crippen molar-refractivity contribution in [3.05, 3.63) is 18.2 Å². The Morgan fingerprint density at radius 3 is 2.95 bits per heavy atom. The maximum Gasteiger partial charge on any atom is 0.337 e. The quantitative estimate of drug-likeness (QED) is 0.582. The van der Waals surface area contributed by atoms with Crippen LogP contribution in [0.25, 0.3) is 10.2 Å². The molecule has 0 aliphatic carbocycles. The molecule has 0 unspecified atom stereocenters. The van der Waals surface area contributed by atoms with Gasteiger partial charge in [-0.15, -0.1) is 0 Å². The van der Waals surface area contributed by atoms with Crippen LogP contribution in [-0.4, -0.2) is 19.6 Å². The van der Waals surface area contributed by atoms with Crippen molar-refractivity contribution in [2.24, 2.45) is 0 Å². The normalized spacial score (nSPS) is 14.1. The highest BCUT2D eigenvalue weighted by Gasteiger charge is 2.28. The van der Waals surface area contributed by atoms with Crippen molar-refractivity contribution in [3.8, 4) is 0 Å². The molecule has 0 saturated carbocycles. The molecule has 0 atom stereocenters. The molecule has 0 spiro atoms. The molecule has 104 valence electrons. The van der Waals surface area contributed by atoms with E-state index in [-0.39, 0.29) is 24.0 Å². The van der Waals surface area contributed by atoms with Gasteiger partial charge in [0.05, 0.1) is 25.3 Å². The lowest BCUT2D eigenvalue weighted by molar-refractivity contribution is -0.659. The predicted octanol–water partition coefficient (Wildman–Crippen LogP) is -0.145. The summed E-state index contributed by atoms with van der Waals surface area (Å²) < 4.78 is 3.88. The molecule has 0 saturated heterocycles. The van der Waals surface area contributed by atoms with Crippen LogP contribution in [0.5, 0.6) is 0 Å². The lowest BCUT2D eigenvalue weighted by atomic mass is 10.2. The molecule has 3 nitrogen and oxygen atoms in total. The highest BCUT2D eigenvalue weighted by Crippen LogP contribution is 2.34. The van der Waals surface area contributed by atoms with Crippen LogP contribution >= 0.6 is 11.3 Å². The Labute approximate surface area is 135 Å². The Balaban J connectivity index is 0.00000133. The van der Waals surface area contributed by atoms with Crippen LogP contribution in [-0.2, 0) is 6.54 Å². The minimum absolute atomic E-state index is 0.